The summed E-state index contributed by atoms with van der Waals surface area (Å²) in [4.78, 5) is 11.9. The maximum absolute atomic E-state index is 13.1. The molecule has 0 aliphatic heterocycles. The molecule has 0 radical (unpaired) electrons. The first-order valence-corrected chi connectivity index (χ1v) is 9.73. The first kappa shape index (κ1) is 17.2. The van der Waals surface area contributed by atoms with Gasteiger partial charge in [-0.1, -0.05) is 0 Å². The predicted molar refractivity (Wildman–Crippen MR) is 98.6 cm³/mol. The van der Waals surface area contributed by atoms with Crippen LogP contribution in [0.5, 0.6) is 0 Å². The van der Waals surface area contributed by atoms with E-state index in [0.717, 1.165) is 15.9 Å². The third-order valence-electron chi connectivity index (χ3n) is 3.97. The van der Waals surface area contributed by atoms with E-state index in [1.54, 1.807) is 0 Å². The fourth-order valence-corrected chi connectivity index (χ4v) is 6.62. The Morgan fingerprint density at radius 1 is 0.680 bits per heavy atom. The number of benzene rings is 3. The van der Waals surface area contributed by atoms with Gasteiger partial charge in [-0.15, -0.1) is 0 Å². The molecule has 2 nitrogen and oxygen atoms in total. The zero-order chi connectivity index (χ0) is 17.7. The molecule has 5 heteroatoms. The Morgan fingerprint density at radius 3 is 1.28 bits per heavy atom. The van der Waals surface area contributed by atoms with E-state index < -0.39 is 19.9 Å². The van der Waals surface area contributed by atoms with Gasteiger partial charge in [0.15, 0.2) is 0 Å². The number of alkyl halides is 2. The molecule has 0 saturated heterocycles. The molecule has 0 saturated carbocycles. The Kier molecular flexibility index (Phi) is 5.20. The summed E-state index contributed by atoms with van der Waals surface area (Å²) in [5, 5.41) is 2.21. The molecule has 0 spiro atoms. The van der Waals surface area contributed by atoms with Crippen LogP contribution in [-0.2, 0) is 9.32 Å². The molecule has 0 N–H and O–H groups in total. The molecule has 0 heterocycles. The van der Waals surface area contributed by atoms with Crippen LogP contribution in [0.1, 0.15) is 0 Å². The summed E-state index contributed by atoms with van der Waals surface area (Å²) in [6.07, 6.45) is -3.18. The van der Waals surface area contributed by atoms with Crippen molar-refractivity contribution < 1.29 is 18.1 Å². The molecule has 0 amide bonds. The molecule has 0 aromatic heterocycles. The van der Waals surface area contributed by atoms with Gasteiger partial charge in [-0.2, -0.15) is 0 Å². The van der Waals surface area contributed by atoms with E-state index in [1.807, 2.05) is 91.0 Å². The van der Waals surface area contributed by atoms with Crippen molar-refractivity contribution >= 4 is 29.4 Å². The Balaban J connectivity index is 2.29. The van der Waals surface area contributed by atoms with Crippen molar-refractivity contribution in [2.75, 3.05) is 0 Å². The number of rotatable bonds is 5. The molecule has 0 unspecified atom stereocenters. The number of carbonyl (C=O) groups excluding carboxylic acids is 1. The van der Waals surface area contributed by atoms with Gasteiger partial charge in [-0.3, -0.25) is 0 Å². The molecule has 128 valence electrons. The zero-order valence-corrected chi connectivity index (χ0v) is 14.3. The average molecular weight is 358 g/mol. The summed E-state index contributed by atoms with van der Waals surface area (Å²) in [6, 6.07) is 27.4. The number of halogens is 2. The molecule has 3 aromatic rings. The number of hydrogen-bond donors (Lipinski definition) is 0. The van der Waals surface area contributed by atoms with Gasteiger partial charge in [0, 0.05) is 0 Å². The molecule has 0 aliphatic carbocycles. The second-order valence-electron chi connectivity index (χ2n) is 5.50. The van der Waals surface area contributed by atoms with Gasteiger partial charge < -0.3 is 0 Å². The summed E-state index contributed by atoms with van der Waals surface area (Å²) in [7, 11) is -3.38. The van der Waals surface area contributed by atoms with E-state index in [0.29, 0.717) is 0 Å². The van der Waals surface area contributed by atoms with Crippen LogP contribution in [0.15, 0.2) is 91.0 Å². The minimum atomic E-state index is -3.38. The van der Waals surface area contributed by atoms with Gasteiger partial charge >= 0.3 is 145 Å². The third kappa shape index (κ3) is 3.45. The Morgan fingerprint density at radius 2 is 1.00 bits per heavy atom. The standard InChI is InChI=1S/C20H17F2O2P/c21-19(22)20(23)24-25(16-10-4-1-5-11-16,17-12-6-2-7-13-17)18-14-8-3-9-15-18/h1-15,19,25H. The maximum atomic E-state index is 13.1. The first-order valence-electron chi connectivity index (χ1n) is 7.82. The van der Waals surface area contributed by atoms with Crippen molar-refractivity contribution in [2.45, 2.75) is 6.43 Å². The molecule has 25 heavy (non-hydrogen) atoms. The van der Waals surface area contributed by atoms with Gasteiger partial charge in [-0.05, 0) is 0 Å². The molecular weight excluding hydrogens is 341 g/mol. The van der Waals surface area contributed by atoms with Crippen molar-refractivity contribution in [2.24, 2.45) is 0 Å². The zero-order valence-electron chi connectivity index (χ0n) is 13.3. The minimum absolute atomic E-state index is 0.737. The van der Waals surface area contributed by atoms with Gasteiger partial charge in [0.1, 0.15) is 0 Å². The summed E-state index contributed by atoms with van der Waals surface area (Å²) in [6.45, 7) is 0. The fourth-order valence-electron chi connectivity index (χ4n) is 2.89. The average Bonchev–Trinajstić information content (AvgIpc) is 2.68. The van der Waals surface area contributed by atoms with Crippen LogP contribution >= 0.6 is 7.49 Å². The van der Waals surface area contributed by atoms with Crippen LogP contribution in [0, 0.1) is 0 Å². The molecule has 0 atom stereocenters. The second-order valence-corrected chi connectivity index (χ2v) is 8.80. The van der Waals surface area contributed by atoms with Gasteiger partial charge in [0.25, 0.3) is 0 Å². The Bertz CT molecular complexity index is 727. The van der Waals surface area contributed by atoms with Crippen molar-refractivity contribution in [3.05, 3.63) is 91.0 Å². The van der Waals surface area contributed by atoms with Gasteiger partial charge in [-0.25, -0.2) is 0 Å². The van der Waals surface area contributed by atoms with Crippen molar-refractivity contribution in [1.29, 1.82) is 0 Å². The van der Waals surface area contributed by atoms with E-state index in [1.165, 1.54) is 0 Å². The van der Waals surface area contributed by atoms with E-state index >= 15 is 0 Å². The van der Waals surface area contributed by atoms with E-state index in [4.69, 9.17) is 4.52 Å². The van der Waals surface area contributed by atoms with Crippen LogP contribution in [0.2, 0.25) is 0 Å². The quantitative estimate of drug-likeness (QED) is 0.653. The fraction of sp³-hybridized carbons (Fsp3) is 0.0500. The van der Waals surface area contributed by atoms with Crippen LogP contribution < -0.4 is 15.9 Å². The van der Waals surface area contributed by atoms with Crippen LogP contribution in [0.3, 0.4) is 0 Å². The molecule has 3 aromatic carbocycles. The molecule has 0 fully saturated rings. The predicted octanol–water partition coefficient (Wildman–Crippen LogP) is 3.44. The van der Waals surface area contributed by atoms with Crippen molar-refractivity contribution in [1.82, 2.24) is 0 Å². The normalized spacial score (nSPS) is 12.0. The summed E-state index contributed by atoms with van der Waals surface area (Å²) >= 11 is 0. The summed E-state index contributed by atoms with van der Waals surface area (Å²) in [5.74, 6) is -1.50. The van der Waals surface area contributed by atoms with Crippen LogP contribution in [-0.4, -0.2) is 12.4 Å². The van der Waals surface area contributed by atoms with Gasteiger partial charge in [0.2, 0.25) is 0 Å². The topological polar surface area (TPSA) is 26.3 Å². The van der Waals surface area contributed by atoms with Gasteiger partial charge in [0.05, 0.1) is 0 Å². The van der Waals surface area contributed by atoms with E-state index in [9.17, 15) is 13.6 Å². The SMILES string of the molecule is O=C(O[PH](c1ccccc1)(c1ccccc1)c1ccccc1)C(F)F. The Hall–Kier alpha value is -2.58. The molecule has 0 aliphatic rings. The first-order chi connectivity index (χ1) is 12.1. The van der Waals surface area contributed by atoms with Crippen molar-refractivity contribution in [3.63, 3.8) is 0 Å². The van der Waals surface area contributed by atoms with E-state index in [2.05, 4.69) is 0 Å². The van der Waals surface area contributed by atoms with Crippen LogP contribution in [0.25, 0.3) is 0 Å². The van der Waals surface area contributed by atoms with E-state index in [-0.39, 0.29) is 0 Å². The van der Waals surface area contributed by atoms with Crippen LogP contribution in [0.4, 0.5) is 8.78 Å². The summed E-state index contributed by atoms with van der Waals surface area (Å²) in [5.41, 5.74) is 0. The molecule has 3 rings (SSSR count). The number of hydrogen-bond acceptors (Lipinski definition) is 2. The molecular formula is C20H17F2O2P. The molecule has 0 bridgehead atoms. The number of carbonyl (C=O) groups is 1. The Labute approximate surface area is 145 Å². The monoisotopic (exact) mass is 358 g/mol. The van der Waals surface area contributed by atoms with Crippen molar-refractivity contribution in [3.8, 4) is 0 Å². The summed E-state index contributed by atoms with van der Waals surface area (Å²) < 4.78 is 31.7. The second kappa shape index (κ2) is 7.54. The third-order valence-corrected chi connectivity index (χ3v) is 7.92.